The number of urea groups is 1. The van der Waals surface area contributed by atoms with Crippen molar-refractivity contribution < 1.29 is 28.5 Å². The van der Waals surface area contributed by atoms with Gasteiger partial charge >= 0.3 is 6.03 Å². The zero-order chi connectivity index (χ0) is 29.9. The van der Waals surface area contributed by atoms with E-state index in [0.717, 1.165) is 22.0 Å². The van der Waals surface area contributed by atoms with Crippen LogP contribution in [0.2, 0.25) is 0 Å². The van der Waals surface area contributed by atoms with Crippen LogP contribution in [0.25, 0.3) is 10.9 Å². The van der Waals surface area contributed by atoms with Gasteiger partial charge in [0.1, 0.15) is 12.3 Å². The Kier molecular flexibility index (Phi) is 10.7. The molecule has 0 bridgehead atoms. The zero-order valence-electron chi connectivity index (χ0n) is 24.5. The average Bonchev–Trinajstić information content (AvgIpc) is 3.44. The fraction of sp³-hybridized carbons (Fsp3) is 0.312. The van der Waals surface area contributed by atoms with E-state index in [2.05, 4.69) is 16.4 Å². The molecule has 10 heteroatoms. The van der Waals surface area contributed by atoms with E-state index in [1.165, 1.54) is 4.90 Å². The SMILES string of the molecule is COCCN(CC(=O)N(CCc1c[nH]c2ccccc12)Cc1ccc(OC)c(OC)c1)C(=O)Nc1ccc(OC)cc1. The molecule has 3 amide bonds. The molecular formula is C32H38N4O6. The molecule has 1 aromatic heterocycles. The van der Waals surface area contributed by atoms with Crippen molar-refractivity contribution in [3.8, 4) is 17.2 Å². The highest BCUT2D eigenvalue weighted by atomic mass is 16.5. The van der Waals surface area contributed by atoms with Gasteiger partial charge in [0.2, 0.25) is 5.91 Å². The summed E-state index contributed by atoms with van der Waals surface area (Å²) in [6.07, 6.45) is 2.62. The molecule has 0 saturated heterocycles. The van der Waals surface area contributed by atoms with E-state index >= 15 is 0 Å². The van der Waals surface area contributed by atoms with Crippen LogP contribution in [0.4, 0.5) is 10.5 Å². The lowest BCUT2D eigenvalue weighted by atomic mass is 10.1. The summed E-state index contributed by atoms with van der Waals surface area (Å²) in [5.74, 6) is 1.68. The molecule has 0 saturated carbocycles. The number of para-hydroxylation sites is 1. The fourth-order valence-corrected chi connectivity index (χ4v) is 4.68. The molecule has 42 heavy (non-hydrogen) atoms. The van der Waals surface area contributed by atoms with Crippen molar-refractivity contribution in [2.75, 3.05) is 60.0 Å². The molecule has 0 unspecified atom stereocenters. The molecule has 0 fully saturated rings. The fourth-order valence-electron chi connectivity index (χ4n) is 4.68. The van der Waals surface area contributed by atoms with Crippen molar-refractivity contribution in [3.05, 3.63) is 84.1 Å². The van der Waals surface area contributed by atoms with Gasteiger partial charge in [-0.1, -0.05) is 24.3 Å². The Morgan fingerprint density at radius 3 is 2.31 bits per heavy atom. The minimum absolute atomic E-state index is 0.119. The third-order valence-electron chi connectivity index (χ3n) is 7.02. The number of amides is 3. The van der Waals surface area contributed by atoms with E-state index in [0.29, 0.717) is 42.4 Å². The van der Waals surface area contributed by atoms with Gasteiger partial charge in [0.15, 0.2) is 11.5 Å². The number of anilines is 1. The normalized spacial score (nSPS) is 10.8. The van der Waals surface area contributed by atoms with Gasteiger partial charge in [-0.2, -0.15) is 0 Å². The number of carbonyl (C=O) groups is 2. The summed E-state index contributed by atoms with van der Waals surface area (Å²) in [7, 11) is 6.31. The van der Waals surface area contributed by atoms with Crippen LogP contribution < -0.4 is 19.5 Å². The predicted molar refractivity (Wildman–Crippen MR) is 162 cm³/mol. The Bertz CT molecular complexity index is 1470. The largest absolute Gasteiger partial charge is 0.497 e. The first kappa shape index (κ1) is 30.3. The molecule has 10 nitrogen and oxygen atoms in total. The van der Waals surface area contributed by atoms with E-state index in [1.807, 2.05) is 42.6 Å². The Balaban J connectivity index is 1.54. The zero-order valence-corrected chi connectivity index (χ0v) is 24.5. The molecule has 0 atom stereocenters. The van der Waals surface area contributed by atoms with E-state index in [9.17, 15) is 9.59 Å². The van der Waals surface area contributed by atoms with Crippen LogP contribution in [0.1, 0.15) is 11.1 Å². The number of aromatic nitrogens is 1. The number of H-pyrrole nitrogens is 1. The molecular weight excluding hydrogens is 536 g/mol. The number of nitrogens with zero attached hydrogens (tertiary/aromatic N) is 2. The summed E-state index contributed by atoms with van der Waals surface area (Å²) in [5.41, 5.74) is 3.64. The van der Waals surface area contributed by atoms with E-state index in [1.54, 1.807) is 57.6 Å². The summed E-state index contributed by atoms with van der Waals surface area (Å²) < 4.78 is 21.3. The first-order valence-corrected chi connectivity index (χ1v) is 13.7. The summed E-state index contributed by atoms with van der Waals surface area (Å²) in [6, 6.07) is 20.3. The van der Waals surface area contributed by atoms with Crippen LogP contribution in [0, 0.1) is 0 Å². The number of ether oxygens (including phenoxy) is 4. The third kappa shape index (κ3) is 7.73. The van der Waals surface area contributed by atoms with Crippen molar-refractivity contribution in [1.82, 2.24) is 14.8 Å². The maximum atomic E-state index is 13.8. The average molecular weight is 575 g/mol. The lowest BCUT2D eigenvalue weighted by molar-refractivity contribution is -0.132. The quantitative estimate of drug-likeness (QED) is 0.221. The summed E-state index contributed by atoms with van der Waals surface area (Å²) in [6.45, 7) is 1.20. The number of hydrogen-bond acceptors (Lipinski definition) is 6. The van der Waals surface area contributed by atoms with E-state index in [-0.39, 0.29) is 25.6 Å². The van der Waals surface area contributed by atoms with Gasteiger partial charge in [-0.15, -0.1) is 0 Å². The van der Waals surface area contributed by atoms with Gasteiger partial charge in [0.25, 0.3) is 0 Å². The van der Waals surface area contributed by atoms with Gasteiger partial charge in [0.05, 0.1) is 27.9 Å². The molecule has 2 N–H and O–H groups in total. The Morgan fingerprint density at radius 1 is 0.833 bits per heavy atom. The van der Waals surface area contributed by atoms with E-state index in [4.69, 9.17) is 18.9 Å². The number of fused-ring (bicyclic) bond motifs is 1. The van der Waals surface area contributed by atoms with Crippen LogP contribution in [0.5, 0.6) is 17.2 Å². The maximum Gasteiger partial charge on any atom is 0.322 e. The second-order valence-electron chi connectivity index (χ2n) is 9.69. The smallest absolute Gasteiger partial charge is 0.322 e. The highest BCUT2D eigenvalue weighted by molar-refractivity contribution is 5.92. The van der Waals surface area contributed by atoms with Crippen molar-refractivity contribution in [1.29, 1.82) is 0 Å². The predicted octanol–water partition coefficient (Wildman–Crippen LogP) is 4.95. The third-order valence-corrected chi connectivity index (χ3v) is 7.02. The Hall–Kier alpha value is -4.70. The highest BCUT2D eigenvalue weighted by Gasteiger charge is 2.23. The maximum absolute atomic E-state index is 13.8. The van der Waals surface area contributed by atoms with Gasteiger partial charge in [0, 0.05) is 49.5 Å². The van der Waals surface area contributed by atoms with Crippen molar-refractivity contribution in [2.45, 2.75) is 13.0 Å². The topological polar surface area (TPSA) is 105 Å². The Morgan fingerprint density at radius 2 is 1.60 bits per heavy atom. The first-order valence-electron chi connectivity index (χ1n) is 13.7. The minimum atomic E-state index is -0.395. The summed E-state index contributed by atoms with van der Waals surface area (Å²) in [4.78, 5) is 33.6. The number of aromatic amines is 1. The molecule has 0 aliphatic heterocycles. The van der Waals surface area contributed by atoms with Crippen molar-refractivity contribution >= 4 is 28.5 Å². The van der Waals surface area contributed by atoms with Crippen LogP contribution in [0.3, 0.4) is 0 Å². The number of benzene rings is 3. The molecule has 0 aliphatic carbocycles. The van der Waals surface area contributed by atoms with Gasteiger partial charge < -0.3 is 39.0 Å². The monoisotopic (exact) mass is 574 g/mol. The molecule has 3 aromatic carbocycles. The number of hydrogen-bond donors (Lipinski definition) is 2. The lowest BCUT2D eigenvalue weighted by Crippen LogP contribution is -2.46. The molecule has 0 radical (unpaired) electrons. The molecule has 222 valence electrons. The van der Waals surface area contributed by atoms with Crippen LogP contribution >= 0.6 is 0 Å². The number of rotatable bonds is 14. The molecule has 4 aromatic rings. The summed E-state index contributed by atoms with van der Waals surface area (Å²) >= 11 is 0. The lowest BCUT2D eigenvalue weighted by Gasteiger charge is -2.28. The number of nitrogens with one attached hydrogen (secondary N) is 2. The first-order chi connectivity index (χ1) is 20.4. The second kappa shape index (κ2) is 14.8. The van der Waals surface area contributed by atoms with Crippen LogP contribution in [-0.2, 0) is 22.5 Å². The van der Waals surface area contributed by atoms with E-state index < -0.39 is 6.03 Å². The van der Waals surface area contributed by atoms with Gasteiger partial charge in [-0.05, 0) is 60.0 Å². The minimum Gasteiger partial charge on any atom is -0.497 e. The second-order valence-corrected chi connectivity index (χ2v) is 9.69. The molecule has 1 heterocycles. The van der Waals surface area contributed by atoms with Gasteiger partial charge in [-0.3, -0.25) is 4.79 Å². The molecule has 0 aliphatic rings. The summed E-state index contributed by atoms with van der Waals surface area (Å²) in [5, 5.41) is 3.99. The van der Waals surface area contributed by atoms with Crippen LogP contribution in [0.15, 0.2) is 72.9 Å². The number of methoxy groups -OCH3 is 4. The highest BCUT2D eigenvalue weighted by Crippen LogP contribution is 2.28. The molecule has 0 spiro atoms. The molecule has 4 rings (SSSR count). The van der Waals surface area contributed by atoms with Crippen LogP contribution in [-0.4, -0.2) is 81.4 Å². The number of carbonyl (C=O) groups excluding carboxylic acids is 2. The van der Waals surface area contributed by atoms with Crippen molar-refractivity contribution in [2.24, 2.45) is 0 Å². The Labute approximate surface area is 246 Å². The standard InChI is InChI=1S/C32H38N4O6/c1-39-18-17-36(32(38)34-25-10-12-26(40-2)13-11-25)22-31(37)35(21-23-9-14-29(41-3)30(19-23)42-4)16-15-24-20-33-28-8-6-5-7-27(24)28/h5-14,19-20,33H,15-18,21-22H2,1-4H3,(H,34,38). The van der Waals surface area contributed by atoms with Crippen molar-refractivity contribution in [3.63, 3.8) is 0 Å². The van der Waals surface area contributed by atoms with Gasteiger partial charge in [-0.25, -0.2) is 4.79 Å².